The number of hydrogen-bond acceptors (Lipinski definition) is 3. The van der Waals surface area contributed by atoms with Crippen LogP contribution in [0.4, 0.5) is 0 Å². The molecule has 2 aromatic carbocycles. The second-order valence-corrected chi connectivity index (χ2v) is 8.10. The van der Waals surface area contributed by atoms with Crippen molar-refractivity contribution in [2.45, 2.75) is 25.9 Å². The van der Waals surface area contributed by atoms with Gasteiger partial charge in [-0.05, 0) is 30.7 Å². The van der Waals surface area contributed by atoms with Crippen molar-refractivity contribution in [2.24, 2.45) is 5.92 Å². The molecule has 1 heterocycles. The molecule has 1 aliphatic rings. The van der Waals surface area contributed by atoms with Crippen molar-refractivity contribution in [3.8, 4) is 5.75 Å². The zero-order valence-corrected chi connectivity index (χ0v) is 18.0. The maximum absolute atomic E-state index is 13.0. The van der Waals surface area contributed by atoms with Gasteiger partial charge in [0.25, 0.3) is 0 Å². The first-order valence-corrected chi connectivity index (χ1v) is 10.1. The second kappa shape index (κ2) is 8.78. The largest absolute Gasteiger partial charge is 0.496 e. The summed E-state index contributed by atoms with van der Waals surface area (Å²) in [5.74, 6) is 0.438. The van der Waals surface area contributed by atoms with Gasteiger partial charge in [0.1, 0.15) is 5.75 Å². The van der Waals surface area contributed by atoms with Gasteiger partial charge in [0.05, 0.1) is 19.1 Å². The Kier molecular flexibility index (Phi) is 6.39. The zero-order chi connectivity index (χ0) is 20.3. The number of nitrogens with zero attached hydrogens (tertiary/aromatic N) is 2. The Labute approximate surface area is 174 Å². The summed E-state index contributed by atoms with van der Waals surface area (Å²) in [6.07, 6.45) is 0.260. The van der Waals surface area contributed by atoms with Crippen LogP contribution in [0.25, 0.3) is 0 Å². The average Bonchev–Trinajstić information content (AvgIpc) is 3.09. The summed E-state index contributed by atoms with van der Waals surface area (Å²) >= 11 is 3.46. The predicted molar refractivity (Wildman–Crippen MR) is 112 cm³/mol. The molecule has 0 aliphatic carbocycles. The number of rotatable bonds is 6. The Morgan fingerprint density at radius 3 is 2.68 bits per heavy atom. The Hall–Kier alpha value is -2.34. The van der Waals surface area contributed by atoms with Crippen LogP contribution in [0.2, 0.25) is 0 Å². The molecule has 2 unspecified atom stereocenters. The molecule has 5 nitrogen and oxygen atoms in total. The number of benzene rings is 2. The monoisotopic (exact) mass is 444 g/mol. The standard InChI is InChI=1S/C22H25BrN2O3/c1-15(16-7-5-4-6-8-16)25-14-18(12-21(25)26)22(27)24(2)13-17-11-19(23)9-10-20(17)28-3/h4-11,15,18H,12-14H2,1-3H3. The van der Waals surface area contributed by atoms with Gasteiger partial charge in [0.2, 0.25) is 11.8 Å². The number of carbonyl (C=O) groups excluding carboxylic acids is 2. The first-order chi connectivity index (χ1) is 13.4. The number of hydrogen-bond donors (Lipinski definition) is 0. The van der Waals surface area contributed by atoms with E-state index in [0.29, 0.717) is 13.1 Å². The summed E-state index contributed by atoms with van der Waals surface area (Å²) in [6, 6.07) is 15.6. The van der Waals surface area contributed by atoms with E-state index in [1.165, 1.54) is 0 Å². The van der Waals surface area contributed by atoms with Crippen molar-refractivity contribution in [2.75, 3.05) is 20.7 Å². The maximum Gasteiger partial charge on any atom is 0.228 e. The molecule has 28 heavy (non-hydrogen) atoms. The van der Waals surface area contributed by atoms with E-state index in [2.05, 4.69) is 15.9 Å². The number of amides is 2. The van der Waals surface area contributed by atoms with Crippen LogP contribution in [0.15, 0.2) is 53.0 Å². The Morgan fingerprint density at radius 1 is 1.29 bits per heavy atom. The van der Waals surface area contributed by atoms with Gasteiger partial charge in [-0.25, -0.2) is 0 Å². The number of halogens is 1. The SMILES string of the molecule is COc1ccc(Br)cc1CN(C)C(=O)C1CC(=O)N(C(C)c2ccccc2)C1. The predicted octanol–water partition coefficient (Wildman–Crippen LogP) is 4.03. The van der Waals surface area contributed by atoms with Crippen molar-refractivity contribution >= 4 is 27.7 Å². The summed E-state index contributed by atoms with van der Waals surface area (Å²) in [7, 11) is 3.39. The lowest BCUT2D eigenvalue weighted by atomic mass is 10.1. The van der Waals surface area contributed by atoms with E-state index in [-0.39, 0.29) is 30.2 Å². The summed E-state index contributed by atoms with van der Waals surface area (Å²) in [6.45, 7) is 2.89. The quantitative estimate of drug-likeness (QED) is 0.675. The molecular formula is C22H25BrN2O3. The number of ether oxygens (including phenoxy) is 1. The highest BCUT2D eigenvalue weighted by Gasteiger charge is 2.38. The summed E-state index contributed by atoms with van der Waals surface area (Å²) in [5, 5.41) is 0. The summed E-state index contributed by atoms with van der Waals surface area (Å²) in [4.78, 5) is 29.0. The van der Waals surface area contributed by atoms with Crippen LogP contribution in [0.1, 0.15) is 30.5 Å². The third kappa shape index (κ3) is 4.38. The third-order valence-electron chi connectivity index (χ3n) is 5.28. The van der Waals surface area contributed by atoms with Crippen molar-refractivity contribution in [3.63, 3.8) is 0 Å². The van der Waals surface area contributed by atoms with Gasteiger partial charge in [0, 0.05) is 36.6 Å². The number of likely N-dealkylation sites (tertiary alicyclic amines) is 1. The maximum atomic E-state index is 13.0. The molecule has 1 fully saturated rings. The van der Waals surface area contributed by atoms with Gasteiger partial charge >= 0.3 is 0 Å². The highest BCUT2D eigenvalue weighted by molar-refractivity contribution is 9.10. The first-order valence-electron chi connectivity index (χ1n) is 9.32. The molecule has 6 heteroatoms. The minimum absolute atomic E-state index is 0.0156. The fourth-order valence-corrected chi connectivity index (χ4v) is 4.11. The fraction of sp³-hybridized carbons (Fsp3) is 0.364. The van der Waals surface area contributed by atoms with Crippen LogP contribution in [0.5, 0.6) is 5.75 Å². The molecule has 0 bridgehead atoms. The van der Waals surface area contributed by atoms with Gasteiger partial charge in [-0.15, -0.1) is 0 Å². The highest BCUT2D eigenvalue weighted by Crippen LogP contribution is 2.30. The Morgan fingerprint density at radius 2 is 2.00 bits per heavy atom. The molecule has 1 aliphatic heterocycles. The van der Waals surface area contributed by atoms with E-state index in [1.54, 1.807) is 19.1 Å². The van der Waals surface area contributed by atoms with Crippen molar-refractivity contribution in [1.82, 2.24) is 9.80 Å². The third-order valence-corrected chi connectivity index (χ3v) is 5.78. The van der Waals surface area contributed by atoms with Crippen LogP contribution in [0.3, 0.4) is 0 Å². The summed E-state index contributed by atoms with van der Waals surface area (Å²) in [5.41, 5.74) is 2.00. The van der Waals surface area contributed by atoms with Crippen LogP contribution < -0.4 is 4.74 Å². The molecule has 2 atom stereocenters. The zero-order valence-electron chi connectivity index (χ0n) is 16.4. The van der Waals surface area contributed by atoms with E-state index in [4.69, 9.17) is 4.74 Å². The Bertz CT molecular complexity index is 856. The molecule has 0 saturated carbocycles. The average molecular weight is 445 g/mol. The van der Waals surface area contributed by atoms with Crippen LogP contribution in [0, 0.1) is 5.92 Å². The molecule has 0 aromatic heterocycles. The fourth-order valence-electron chi connectivity index (χ4n) is 3.70. The minimum Gasteiger partial charge on any atom is -0.496 e. The molecule has 2 aromatic rings. The van der Waals surface area contributed by atoms with Gasteiger partial charge in [0.15, 0.2) is 0 Å². The second-order valence-electron chi connectivity index (χ2n) is 7.18. The lowest BCUT2D eigenvalue weighted by Gasteiger charge is -2.26. The molecule has 0 N–H and O–H groups in total. The molecule has 2 amide bonds. The smallest absolute Gasteiger partial charge is 0.228 e. The van der Waals surface area contributed by atoms with E-state index in [1.807, 2.05) is 60.4 Å². The van der Waals surface area contributed by atoms with E-state index in [0.717, 1.165) is 21.3 Å². The van der Waals surface area contributed by atoms with Crippen LogP contribution in [-0.2, 0) is 16.1 Å². The van der Waals surface area contributed by atoms with Gasteiger partial charge < -0.3 is 14.5 Å². The topological polar surface area (TPSA) is 49.9 Å². The van der Waals surface area contributed by atoms with Crippen LogP contribution >= 0.6 is 15.9 Å². The van der Waals surface area contributed by atoms with Gasteiger partial charge in [-0.3, -0.25) is 9.59 Å². The van der Waals surface area contributed by atoms with Crippen LogP contribution in [-0.4, -0.2) is 42.3 Å². The minimum atomic E-state index is -0.318. The van der Waals surface area contributed by atoms with Crippen molar-refractivity contribution < 1.29 is 14.3 Å². The first kappa shape index (κ1) is 20.4. The highest BCUT2D eigenvalue weighted by atomic mass is 79.9. The van der Waals surface area contributed by atoms with E-state index < -0.39 is 0 Å². The number of methoxy groups -OCH3 is 1. The summed E-state index contributed by atoms with van der Waals surface area (Å²) < 4.78 is 6.33. The van der Waals surface area contributed by atoms with Crippen molar-refractivity contribution in [1.29, 1.82) is 0 Å². The molecule has 1 saturated heterocycles. The Balaban J connectivity index is 1.68. The molecule has 0 spiro atoms. The lowest BCUT2D eigenvalue weighted by Crippen LogP contribution is -2.35. The molecule has 3 rings (SSSR count). The van der Waals surface area contributed by atoms with Gasteiger partial charge in [-0.2, -0.15) is 0 Å². The molecular weight excluding hydrogens is 420 g/mol. The molecule has 148 valence electrons. The van der Waals surface area contributed by atoms with E-state index >= 15 is 0 Å². The normalized spacial score (nSPS) is 17.5. The molecule has 0 radical (unpaired) electrons. The number of carbonyl (C=O) groups is 2. The van der Waals surface area contributed by atoms with E-state index in [9.17, 15) is 9.59 Å². The van der Waals surface area contributed by atoms with Gasteiger partial charge in [-0.1, -0.05) is 46.3 Å². The lowest BCUT2D eigenvalue weighted by molar-refractivity contribution is -0.135. The van der Waals surface area contributed by atoms with Crippen molar-refractivity contribution in [3.05, 3.63) is 64.1 Å².